The fraction of sp³-hybridized carbons (Fsp3) is 0.750. The van der Waals surface area contributed by atoms with Crippen LogP contribution in [-0.2, 0) is 10.0 Å². The molecule has 23 heavy (non-hydrogen) atoms. The van der Waals surface area contributed by atoms with Crippen LogP contribution in [-0.4, -0.2) is 42.8 Å². The molecule has 0 bridgehead atoms. The van der Waals surface area contributed by atoms with Crippen LogP contribution in [0.15, 0.2) is 12.4 Å². The van der Waals surface area contributed by atoms with Gasteiger partial charge in [0.15, 0.2) is 0 Å². The van der Waals surface area contributed by atoms with Gasteiger partial charge in [-0.25, -0.2) is 23.1 Å². The number of aromatic nitrogens is 2. The summed E-state index contributed by atoms with van der Waals surface area (Å²) in [6.45, 7) is 5.00. The first-order chi connectivity index (χ1) is 11.0. The predicted molar refractivity (Wildman–Crippen MR) is 91.1 cm³/mol. The molecule has 6 nitrogen and oxygen atoms in total. The molecule has 128 valence electrons. The van der Waals surface area contributed by atoms with Crippen molar-refractivity contribution in [2.75, 3.05) is 18.0 Å². The van der Waals surface area contributed by atoms with Crippen LogP contribution < -0.4 is 9.62 Å². The van der Waals surface area contributed by atoms with Gasteiger partial charge in [-0.05, 0) is 39.5 Å². The first kappa shape index (κ1) is 16.6. The molecule has 2 aliphatic rings. The second-order valence-electron chi connectivity index (χ2n) is 6.93. The lowest BCUT2D eigenvalue weighted by atomic mass is 9.83. The topological polar surface area (TPSA) is 75.2 Å². The van der Waals surface area contributed by atoms with E-state index >= 15 is 0 Å². The monoisotopic (exact) mass is 338 g/mol. The van der Waals surface area contributed by atoms with Crippen LogP contribution in [0.1, 0.15) is 57.6 Å². The Hall–Kier alpha value is -1.21. The molecule has 1 atom stereocenters. The summed E-state index contributed by atoms with van der Waals surface area (Å²) in [5.74, 6) is 1.51. The van der Waals surface area contributed by atoms with Crippen molar-refractivity contribution in [1.29, 1.82) is 0 Å². The third-order valence-electron chi connectivity index (χ3n) is 4.89. The van der Waals surface area contributed by atoms with Crippen LogP contribution in [0.5, 0.6) is 0 Å². The summed E-state index contributed by atoms with van der Waals surface area (Å²) >= 11 is 0. The fourth-order valence-electron chi connectivity index (χ4n) is 3.11. The Morgan fingerprint density at radius 3 is 2.65 bits per heavy atom. The zero-order chi connectivity index (χ0) is 16.4. The van der Waals surface area contributed by atoms with Gasteiger partial charge >= 0.3 is 0 Å². The van der Waals surface area contributed by atoms with E-state index in [2.05, 4.69) is 25.7 Å². The van der Waals surface area contributed by atoms with Crippen molar-refractivity contribution >= 4 is 15.8 Å². The van der Waals surface area contributed by atoms with E-state index in [0.29, 0.717) is 12.5 Å². The standard InChI is InChI=1S/C16H26N4O2S/c1-12(2)23(21,22)19-14-7-4-8-20(10-14)16-9-15(17-11-18-16)13-5-3-6-13/h9,11-14,19H,3-8,10H2,1-2H3. The number of rotatable bonds is 5. The second kappa shape index (κ2) is 6.73. The molecule has 7 heteroatoms. The van der Waals surface area contributed by atoms with Crippen LogP contribution in [0.3, 0.4) is 0 Å². The second-order valence-corrected chi connectivity index (χ2v) is 9.19. The number of sulfonamides is 1. The molecule has 1 N–H and O–H groups in total. The molecule has 0 spiro atoms. The average molecular weight is 338 g/mol. The minimum atomic E-state index is -3.23. The third kappa shape index (κ3) is 3.83. The molecular weight excluding hydrogens is 312 g/mol. The van der Waals surface area contributed by atoms with E-state index in [9.17, 15) is 8.42 Å². The highest BCUT2D eigenvalue weighted by Crippen LogP contribution is 2.36. The summed E-state index contributed by atoms with van der Waals surface area (Å²) in [6.07, 6.45) is 7.20. The van der Waals surface area contributed by atoms with Gasteiger partial charge in [-0.1, -0.05) is 6.42 Å². The summed E-state index contributed by atoms with van der Waals surface area (Å²) in [7, 11) is -3.23. The number of nitrogens with zero attached hydrogens (tertiary/aromatic N) is 3. The first-order valence-corrected chi connectivity index (χ1v) is 10.1. The van der Waals surface area contributed by atoms with Gasteiger partial charge in [0.05, 0.1) is 5.25 Å². The SMILES string of the molecule is CC(C)S(=O)(=O)NC1CCCN(c2cc(C3CCC3)ncn2)C1. The predicted octanol–water partition coefficient (Wildman–Crippen LogP) is 2.04. The zero-order valence-corrected chi connectivity index (χ0v) is 14.7. The van der Waals surface area contributed by atoms with E-state index in [1.54, 1.807) is 20.2 Å². The highest BCUT2D eigenvalue weighted by Gasteiger charge is 2.27. The van der Waals surface area contributed by atoms with Crippen molar-refractivity contribution in [3.05, 3.63) is 18.1 Å². The molecule has 0 radical (unpaired) electrons. The van der Waals surface area contributed by atoms with E-state index < -0.39 is 15.3 Å². The van der Waals surface area contributed by atoms with E-state index in [0.717, 1.165) is 30.9 Å². The molecule has 1 unspecified atom stereocenters. The highest BCUT2D eigenvalue weighted by atomic mass is 32.2. The minimum Gasteiger partial charge on any atom is -0.355 e. The molecule has 1 aromatic heterocycles. The molecule has 0 amide bonds. The molecule has 2 fully saturated rings. The maximum atomic E-state index is 12.1. The number of nitrogens with one attached hydrogen (secondary N) is 1. The normalized spacial score (nSPS) is 23.1. The van der Waals surface area contributed by atoms with Crippen LogP contribution in [0.4, 0.5) is 5.82 Å². The lowest BCUT2D eigenvalue weighted by Crippen LogP contribution is -2.49. The van der Waals surface area contributed by atoms with Gasteiger partial charge in [0.1, 0.15) is 12.1 Å². The zero-order valence-electron chi connectivity index (χ0n) is 13.9. The largest absolute Gasteiger partial charge is 0.355 e. The molecule has 0 aromatic carbocycles. The Bertz CT molecular complexity index is 643. The van der Waals surface area contributed by atoms with Crippen molar-refractivity contribution in [2.24, 2.45) is 0 Å². The Morgan fingerprint density at radius 1 is 1.22 bits per heavy atom. The molecule has 1 aliphatic carbocycles. The summed E-state index contributed by atoms with van der Waals surface area (Å²) in [6, 6.07) is 2.04. The van der Waals surface area contributed by atoms with Gasteiger partial charge in [0.25, 0.3) is 0 Å². The average Bonchev–Trinajstić information content (AvgIpc) is 2.45. The van der Waals surface area contributed by atoms with Gasteiger partial charge in [0.2, 0.25) is 10.0 Å². The summed E-state index contributed by atoms with van der Waals surface area (Å²) < 4.78 is 27.0. The van der Waals surface area contributed by atoms with E-state index in [1.165, 1.54) is 19.3 Å². The highest BCUT2D eigenvalue weighted by molar-refractivity contribution is 7.90. The maximum absolute atomic E-state index is 12.1. The van der Waals surface area contributed by atoms with Crippen LogP contribution in [0.2, 0.25) is 0 Å². The third-order valence-corrected chi connectivity index (χ3v) is 6.80. The van der Waals surface area contributed by atoms with E-state index in [-0.39, 0.29) is 6.04 Å². The van der Waals surface area contributed by atoms with Crippen LogP contribution in [0, 0.1) is 0 Å². The molecule has 1 aliphatic heterocycles. The molecule has 1 saturated carbocycles. The summed E-state index contributed by atoms with van der Waals surface area (Å²) in [5.41, 5.74) is 1.13. The first-order valence-electron chi connectivity index (χ1n) is 8.54. The Labute approximate surface area is 138 Å². The lowest BCUT2D eigenvalue weighted by molar-refractivity contribution is 0.410. The molecular formula is C16H26N4O2S. The minimum absolute atomic E-state index is 0.0433. The number of hydrogen-bond donors (Lipinski definition) is 1. The Morgan fingerprint density at radius 2 is 2.00 bits per heavy atom. The number of anilines is 1. The van der Waals surface area contributed by atoms with Gasteiger partial charge < -0.3 is 4.90 Å². The van der Waals surface area contributed by atoms with Crippen molar-refractivity contribution in [2.45, 2.75) is 63.2 Å². The van der Waals surface area contributed by atoms with Crippen molar-refractivity contribution in [3.63, 3.8) is 0 Å². The van der Waals surface area contributed by atoms with E-state index in [1.807, 2.05) is 0 Å². The quantitative estimate of drug-likeness (QED) is 0.889. The van der Waals surface area contributed by atoms with Crippen LogP contribution >= 0.6 is 0 Å². The summed E-state index contributed by atoms with van der Waals surface area (Å²) in [5, 5.41) is -0.401. The van der Waals surface area contributed by atoms with Crippen molar-refractivity contribution in [1.82, 2.24) is 14.7 Å². The molecule has 1 saturated heterocycles. The van der Waals surface area contributed by atoms with Crippen LogP contribution in [0.25, 0.3) is 0 Å². The lowest BCUT2D eigenvalue weighted by Gasteiger charge is -2.34. The summed E-state index contributed by atoms with van der Waals surface area (Å²) in [4.78, 5) is 11.0. The van der Waals surface area contributed by atoms with Gasteiger partial charge in [-0.3, -0.25) is 0 Å². The van der Waals surface area contributed by atoms with Gasteiger partial charge in [-0.2, -0.15) is 0 Å². The smallest absolute Gasteiger partial charge is 0.214 e. The Balaban J connectivity index is 1.68. The number of piperidine rings is 1. The number of hydrogen-bond acceptors (Lipinski definition) is 5. The van der Waals surface area contributed by atoms with Gasteiger partial charge in [0, 0.05) is 36.8 Å². The van der Waals surface area contributed by atoms with Crippen molar-refractivity contribution in [3.8, 4) is 0 Å². The molecule has 3 rings (SSSR count). The Kier molecular flexibility index (Phi) is 4.87. The maximum Gasteiger partial charge on any atom is 0.214 e. The molecule has 1 aromatic rings. The molecule has 2 heterocycles. The van der Waals surface area contributed by atoms with Gasteiger partial charge in [-0.15, -0.1) is 0 Å². The van der Waals surface area contributed by atoms with E-state index in [4.69, 9.17) is 0 Å². The fourth-order valence-corrected chi connectivity index (χ4v) is 4.04. The van der Waals surface area contributed by atoms with Crippen molar-refractivity contribution < 1.29 is 8.42 Å².